The summed E-state index contributed by atoms with van der Waals surface area (Å²) in [5, 5.41) is 3.32. The Labute approximate surface area is 117 Å². The van der Waals surface area contributed by atoms with Crippen LogP contribution in [-0.4, -0.2) is 7.05 Å². The van der Waals surface area contributed by atoms with Gasteiger partial charge in [-0.15, -0.1) is 0 Å². The van der Waals surface area contributed by atoms with Crippen LogP contribution in [0.5, 0.6) is 0 Å². The third-order valence-corrected chi connectivity index (χ3v) is 3.76. The quantitative estimate of drug-likeness (QED) is 0.917. The fourth-order valence-electron chi connectivity index (χ4n) is 1.97. The zero-order valence-electron chi connectivity index (χ0n) is 11.0. The van der Waals surface area contributed by atoms with Crippen LogP contribution in [0.3, 0.4) is 0 Å². The molecule has 0 fully saturated rings. The van der Waals surface area contributed by atoms with Gasteiger partial charge in [-0.2, -0.15) is 0 Å². The largest absolute Gasteiger partial charge is 0.464 e. The first-order valence-corrected chi connectivity index (χ1v) is 6.88. The van der Waals surface area contributed by atoms with Crippen molar-refractivity contribution in [1.29, 1.82) is 0 Å². The Hall–Kier alpha value is -1.06. The number of hydrogen-bond donors (Lipinski definition) is 1. The van der Waals surface area contributed by atoms with E-state index in [0.717, 1.165) is 22.4 Å². The lowest BCUT2D eigenvalue weighted by Gasteiger charge is -2.13. The molecule has 2 rings (SSSR count). The van der Waals surface area contributed by atoms with E-state index < -0.39 is 0 Å². The minimum atomic E-state index is 0.221. The summed E-state index contributed by atoms with van der Waals surface area (Å²) in [5.41, 5.74) is 2.50. The van der Waals surface area contributed by atoms with Crippen molar-refractivity contribution in [3.05, 3.63) is 57.5 Å². The monoisotopic (exact) mass is 307 g/mol. The molecule has 0 saturated carbocycles. The summed E-state index contributed by atoms with van der Waals surface area (Å²) in [6.45, 7) is 4.08. The third kappa shape index (κ3) is 3.03. The number of furan rings is 1. The van der Waals surface area contributed by atoms with Crippen LogP contribution >= 0.6 is 15.9 Å². The molecule has 2 aromatic rings. The average Bonchev–Trinajstić information content (AvgIpc) is 2.69. The molecule has 0 saturated heterocycles. The Morgan fingerprint density at radius 3 is 2.39 bits per heavy atom. The van der Waals surface area contributed by atoms with E-state index in [1.165, 1.54) is 11.1 Å². The van der Waals surface area contributed by atoms with Gasteiger partial charge in [0.25, 0.3) is 0 Å². The molecule has 0 aliphatic carbocycles. The Morgan fingerprint density at radius 1 is 1.22 bits per heavy atom. The summed E-state index contributed by atoms with van der Waals surface area (Å²) in [5.74, 6) is 2.01. The van der Waals surface area contributed by atoms with Gasteiger partial charge in [0.05, 0.1) is 6.04 Å². The number of hydrogen-bond acceptors (Lipinski definition) is 2. The van der Waals surface area contributed by atoms with Gasteiger partial charge in [-0.3, -0.25) is 0 Å². The van der Waals surface area contributed by atoms with Crippen molar-refractivity contribution in [3.63, 3.8) is 0 Å². The lowest BCUT2D eigenvalue weighted by atomic mass is 10.0. The molecule has 3 heteroatoms. The van der Waals surface area contributed by atoms with Crippen LogP contribution < -0.4 is 5.32 Å². The molecule has 0 spiro atoms. The maximum atomic E-state index is 5.79. The molecule has 0 amide bonds. The fraction of sp³-hybridized carbons (Fsp3) is 0.333. The predicted molar refractivity (Wildman–Crippen MR) is 77.8 cm³/mol. The molecule has 2 nitrogen and oxygen atoms in total. The minimum absolute atomic E-state index is 0.221. The Morgan fingerprint density at radius 2 is 1.89 bits per heavy atom. The predicted octanol–water partition coefficient (Wildman–Crippen LogP) is 4.16. The molecule has 0 bridgehead atoms. The lowest BCUT2D eigenvalue weighted by Crippen LogP contribution is -2.18. The molecule has 1 N–H and O–H groups in total. The molecule has 1 heterocycles. The van der Waals surface area contributed by atoms with E-state index in [-0.39, 0.29) is 6.04 Å². The van der Waals surface area contributed by atoms with Crippen LogP contribution in [0.15, 0.2) is 39.2 Å². The highest BCUT2D eigenvalue weighted by atomic mass is 79.9. The summed E-state index contributed by atoms with van der Waals surface area (Å²) in [4.78, 5) is 0. The van der Waals surface area contributed by atoms with Crippen LogP contribution in [0.1, 0.15) is 28.7 Å². The maximum absolute atomic E-state index is 5.79. The van der Waals surface area contributed by atoms with Crippen LogP contribution in [-0.2, 0) is 6.42 Å². The third-order valence-electron chi connectivity index (χ3n) is 3.23. The first kappa shape index (κ1) is 13.4. The van der Waals surface area contributed by atoms with Crippen molar-refractivity contribution in [2.75, 3.05) is 7.05 Å². The van der Waals surface area contributed by atoms with E-state index >= 15 is 0 Å². The highest BCUT2D eigenvalue weighted by Crippen LogP contribution is 2.23. The summed E-state index contributed by atoms with van der Waals surface area (Å²) >= 11 is 3.45. The molecule has 1 aromatic heterocycles. The fourth-order valence-corrected chi connectivity index (χ4v) is 2.24. The average molecular weight is 308 g/mol. The summed E-state index contributed by atoms with van der Waals surface area (Å²) < 4.78 is 6.90. The summed E-state index contributed by atoms with van der Waals surface area (Å²) in [6.07, 6.45) is 0.927. The van der Waals surface area contributed by atoms with Crippen LogP contribution in [0.25, 0.3) is 0 Å². The van der Waals surface area contributed by atoms with E-state index in [4.69, 9.17) is 4.42 Å². The normalized spacial score (nSPS) is 12.7. The van der Waals surface area contributed by atoms with Gasteiger partial charge in [-0.1, -0.05) is 28.1 Å². The number of likely N-dealkylation sites (N-methyl/N-ethyl adjacent to an activating group) is 1. The van der Waals surface area contributed by atoms with E-state index in [9.17, 15) is 0 Å². The lowest BCUT2D eigenvalue weighted by molar-refractivity contribution is 0.414. The highest BCUT2D eigenvalue weighted by molar-refractivity contribution is 9.10. The number of aryl methyl sites for hydroxylation is 2. The highest BCUT2D eigenvalue weighted by Gasteiger charge is 2.15. The molecule has 1 aromatic carbocycles. The Balaban J connectivity index is 2.16. The second-order valence-electron chi connectivity index (χ2n) is 4.56. The SMILES string of the molecule is CNC(Cc1ccc(Br)cc1)c1cc(C)c(C)o1. The Bertz CT molecular complexity index is 496. The smallest absolute Gasteiger partial charge is 0.121 e. The molecule has 0 aliphatic rings. The molecular weight excluding hydrogens is 290 g/mol. The van der Waals surface area contributed by atoms with Crippen LogP contribution in [0.2, 0.25) is 0 Å². The number of rotatable bonds is 4. The van der Waals surface area contributed by atoms with E-state index in [1.54, 1.807) is 0 Å². The zero-order valence-corrected chi connectivity index (χ0v) is 12.5. The molecule has 18 heavy (non-hydrogen) atoms. The number of halogens is 1. The van der Waals surface area contributed by atoms with Gasteiger partial charge < -0.3 is 9.73 Å². The number of benzene rings is 1. The topological polar surface area (TPSA) is 25.2 Å². The molecule has 0 radical (unpaired) electrons. The Kier molecular flexibility index (Phi) is 4.25. The minimum Gasteiger partial charge on any atom is -0.464 e. The van der Waals surface area contributed by atoms with Crippen molar-refractivity contribution >= 4 is 15.9 Å². The van der Waals surface area contributed by atoms with Crippen molar-refractivity contribution in [3.8, 4) is 0 Å². The van der Waals surface area contributed by atoms with Gasteiger partial charge in [-0.25, -0.2) is 0 Å². The van der Waals surface area contributed by atoms with Gasteiger partial charge in [0.15, 0.2) is 0 Å². The van der Waals surface area contributed by atoms with Crippen molar-refractivity contribution in [2.24, 2.45) is 0 Å². The molecule has 96 valence electrons. The standard InChI is InChI=1S/C15H18BrNO/c1-10-8-15(18-11(10)2)14(17-3)9-12-4-6-13(16)7-5-12/h4-8,14,17H,9H2,1-3H3. The first-order valence-electron chi connectivity index (χ1n) is 6.09. The van der Waals surface area contributed by atoms with Gasteiger partial charge >= 0.3 is 0 Å². The second-order valence-corrected chi connectivity index (χ2v) is 5.48. The first-order chi connectivity index (χ1) is 8.60. The molecule has 0 aliphatic heterocycles. The van der Waals surface area contributed by atoms with E-state index in [0.29, 0.717) is 0 Å². The van der Waals surface area contributed by atoms with Gasteiger partial charge in [-0.05, 0) is 56.6 Å². The van der Waals surface area contributed by atoms with Gasteiger partial charge in [0.1, 0.15) is 11.5 Å². The summed E-state index contributed by atoms with van der Waals surface area (Å²) in [6, 6.07) is 10.8. The molecule has 1 unspecified atom stereocenters. The number of nitrogens with one attached hydrogen (secondary N) is 1. The van der Waals surface area contributed by atoms with Crippen molar-refractivity contribution in [2.45, 2.75) is 26.3 Å². The van der Waals surface area contributed by atoms with Gasteiger partial charge in [0, 0.05) is 4.47 Å². The van der Waals surface area contributed by atoms with Gasteiger partial charge in [0.2, 0.25) is 0 Å². The summed E-state index contributed by atoms with van der Waals surface area (Å²) in [7, 11) is 1.97. The van der Waals surface area contributed by atoms with E-state index in [2.05, 4.69) is 58.5 Å². The second kappa shape index (κ2) is 5.72. The van der Waals surface area contributed by atoms with Crippen LogP contribution in [0, 0.1) is 13.8 Å². The maximum Gasteiger partial charge on any atom is 0.121 e. The van der Waals surface area contributed by atoms with Crippen LogP contribution in [0.4, 0.5) is 0 Å². The molecular formula is C15H18BrNO. The van der Waals surface area contributed by atoms with Crippen molar-refractivity contribution < 1.29 is 4.42 Å². The van der Waals surface area contributed by atoms with E-state index in [1.807, 2.05) is 14.0 Å². The van der Waals surface area contributed by atoms with Crippen molar-refractivity contribution in [1.82, 2.24) is 5.32 Å². The molecule has 1 atom stereocenters. The zero-order chi connectivity index (χ0) is 13.1.